The minimum absolute atomic E-state index is 0.0982. The lowest BCUT2D eigenvalue weighted by Crippen LogP contribution is -2.08. The van der Waals surface area contributed by atoms with Crippen LogP contribution in [0.25, 0.3) is 5.69 Å². The zero-order valence-electron chi connectivity index (χ0n) is 8.87. The van der Waals surface area contributed by atoms with Crippen LogP contribution in [0, 0.1) is 0 Å². The van der Waals surface area contributed by atoms with Gasteiger partial charge in [0.1, 0.15) is 5.69 Å². The van der Waals surface area contributed by atoms with Crippen LogP contribution in [0.15, 0.2) is 30.5 Å². The SMILES string of the molecule is NCCc1ccccc1-n1ncc(CO)n1. The molecule has 0 aliphatic carbocycles. The van der Waals surface area contributed by atoms with E-state index in [1.54, 1.807) is 6.20 Å². The van der Waals surface area contributed by atoms with Crippen LogP contribution in [0.3, 0.4) is 0 Å². The van der Waals surface area contributed by atoms with Crippen molar-refractivity contribution in [3.8, 4) is 5.69 Å². The second-order valence-corrected chi connectivity index (χ2v) is 3.45. The Labute approximate surface area is 93.5 Å². The fourth-order valence-electron chi connectivity index (χ4n) is 1.56. The third kappa shape index (κ3) is 2.10. The minimum Gasteiger partial charge on any atom is -0.390 e. The van der Waals surface area contributed by atoms with E-state index < -0.39 is 0 Å². The Hall–Kier alpha value is -1.72. The molecule has 2 aromatic rings. The van der Waals surface area contributed by atoms with Gasteiger partial charge in [-0.25, -0.2) is 0 Å². The van der Waals surface area contributed by atoms with Crippen molar-refractivity contribution in [3.05, 3.63) is 41.7 Å². The van der Waals surface area contributed by atoms with Gasteiger partial charge in [-0.3, -0.25) is 0 Å². The lowest BCUT2D eigenvalue weighted by atomic mass is 10.1. The van der Waals surface area contributed by atoms with Gasteiger partial charge in [0.2, 0.25) is 0 Å². The second kappa shape index (κ2) is 4.87. The van der Waals surface area contributed by atoms with Gasteiger partial charge in [-0.1, -0.05) is 18.2 Å². The number of aliphatic hydroxyl groups excluding tert-OH is 1. The molecular formula is C11H14N4O. The highest BCUT2D eigenvalue weighted by Gasteiger charge is 2.06. The summed E-state index contributed by atoms with van der Waals surface area (Å²) in [4.78, 5) is 1.52. The molecule has 0 bridgehead atoms. The number of benzene rings is 1. The molecule has 0 saturated heterocycles. The Morgan fingerprint density at radius 3 is 2.81 bits per heavy atom. The maximum absolute atomic E-state index is 8.93. The Morgan fingerprint density at radius 1 is 1.31 bits per heavy atom. The van der Waals surface area contributed by atoms with Gasteiger partial charge in [0.05, 0.1) is 18.5 Å². The van der Waals surface area contributed by atoms with Crippen LogP contribution < -0.4 is 5.73 Å². The first-order valence-electron chi connectivity index (χ1n) is 5.15. The predicted octanol–water partition coefficient (Wildman–Crippen LogP) is 0.261. The van der Waals surface area contributed by atoms with E-state index in [1.807, 2.05) is 24.3 Å². The van der Waals surface area contributed by atoms with Crippen LogP contribution in [0.4, 0.5) is 0 Å². The molecule has 1 aromatic heterocycles. The van der Waals surface area contributed by atoms with Crippen LogP contribution in [0.2, 0.25) is 0 Å². The topological polar surface area (TPSA) is 77.0 Å². The van der Waals surface area contributed by atoms with Crippen molar-refractivity contribution in [2.45, 2.75) is 13.0 Å². The highest BCUT2D eigenvalue weighted by atomic mass is 16.3. The highest BCUT2D eigenvalue weighted by Crippen LogP contribution is 2.12. The summed E-state index contributed by atoms with van der Waals surface area (Å²) in [6.07, 6.45) is 2.34. The summed E-state index contributed by atoms with van der Waals surface area (Å²) < 4.78 is 0. The second-order valence-electron chi connectivity index (χ2n) is 3.45. The molecular weight excluding hydrogens is 204 g/mol. The number of aromatic nitrogens is 3. The van der Waals surface area contributed by atoms with E-state index in [0.29, 0.717) is 12.2 Å². The molecule has 5 heteroatoms. The van der Waals surface area contributed by atoms with Crippen LogP contribution in [0.5, 0.6) is 0 Å². The van der Waals surface area contributed by atoms with Gasteiger partial charge >= 0.3 is 0 Å². The van der Waals surface area contributed by atoms with Crippen molar-refractivity contribution in [2.75, 3.05) is 6.54 Å². The standard InChI is InChI=1S/C11H14N4O/c12-6-5-9-3-1-2-4-11(9)15-13-7-10(8-16)14-15/h1-4,7,16H,5-6,8,12H2. The number of nitrogens with two attached hydrogens (primary N) is 1. The van der Waals surface area contributed by atoms with Gasteiger partial charge in [0.15, 0.2) is 0 Å². The first-order chi connectivity index (χ1) is 7.85. The van der Waals surface area contributed by atoms with E-state index in [1.165, 1.54) is 4.80 Å². The number of hydrogen-bond donors (Lipinski definition) is 2. The van der Waals surface area contributed by atoms with Gasteiger partial charge in [-0.05, 0) is 24.6 Å². The summed E-state index contributed by atoms with van der Waals surface area (Å²) >= 11 is 0. The van der Waals surface area contributed by atoms with Crippen molar-refractivity contribution in [1.82, 2.24) is 15.0 Å². The molecule has 2 rings (SSSR count). The zero-order chi connectivity index (χ0) is 11.4. The predicted molar refractivity (Wildman–Crippen MR) is 60.0 cm³/mol. The lowest BCUT2D eigenvalue weighted by molar-refractivity contribution is 0.276. The molecule has 0 spiro atoms. The normalized spacial score (nSPS) is 10.6. The van der Waals surface area contributed by atoms with Crippen molar-refractivity contribution in [1.29, 1.82) is 0 Å². The van der Waals surface area contributed by atoms with Gasteiger partial charge in [-0.2, -0.15) is 15.0 Å². The van der Waals surface area contributed by atoms with Gasteiger partial charge in [0, 0.05) is 0 Å². The molecule has 0 aliphatic rings. The molecule has 0 atom stereocenters. The summed E-state index contributed by atoms with van der Waals surface area (Å²) in [6, 6.07) is 7.83. The van der Waals surface area contributed by atoms with Crippen LogP contribution in [-0.4, -0.2) is 26.6 Å². The largest absolute Gasteiger partial charge is 0.390 e. The summed E-state index contributed by atoms with van der Waals surface area (Å²) in [7, 11) is 0. The lowest BCUT2D eigenvalue weighted by Gasteiger charge is -2.06. The highest BCUT2D eigenvalue weighted by molar-refractivity contribution is 5.39. The first kappa shape index (κ1) is 10.8. The smallest absolute Gasteiger partial charge is 0.109 e. The average Bonchev–Trinajstić information content (AvgIpc) is 2.79. The van der Waals surface area contributed by atoms with Gasteiger partial charge < -0.3 is 10.8 Å². The Morgan fingerprint density at radius 2 is 2.12 bits per heavy atom. The van der Waals surface area contributed by atoms with E-state index in [9.17, 15) is 0 Å². The van der Waals surface area contributed by atoms with Crippen LogP contribution in [0.1, 0.15) is 11.3 Å². The summed E-state index contributed by atoms with van der Waals surface area (Å²) in [6.45, 7) is 0.490. The number of rotatable bonds is 4. The average molecular weight is 218 g/mol. The van der Waals surface area contributed by atoms with Crippen LogP contribution >= 0.6 is 0 Å². The zero-order valence-corrected chi connectivity index (χ0v) is 8.87. The number of hydrogen-bond acceptors (Lipinski definition) is 4. The van der Waals surface area contributed by atoms with E-state index in [0.717, 1.165) is 17.7 Å². The molecule has 0 unspecified atom stereocenters. The molecule has 0 saturated carbocycles. The molecule has 5 nitrogen and oxygen atoms in total. The molecule has 16 heavy (non-hydrogen) atoms. The van der Waals surface area contributed by atoms with E-state index in [2.05, 4.69) is 10.2 Å². The molecule has 0 radical (unpaired) electrons. The molecule has 1 aromatic carbocycles. The van der Waals surface area contributed by atoms with Gasteiger partial charge in [-0.15, -0.1) is 0 Å². The Balaban J connectivity index is 2.38. The summed E-state index contributed by atoms with van der Waals surface area (Å²) in [5.41, 5.74) is 8.12. The molecule has 0 aliphatic heterocycles. The summed E-state index contributed by atoms with van der Waals surface area (Å²) in [5.74, 6) is 0. The number of para-hydroxylation sites is 1. The molecule has 0 amide bonds. The fourth-order valence-corrected chi connectivity index (χ4v) is 1.56. The molecule has 84 valence electrons. The van der Waals surface area contributed by atoms with Crippen molar-refractivity contribution >= 4 is 0 Å². The van der Waals surface area contributed by atoms with Gasteiger partial charge in [0.25, 0.3) is 0 Å². The third-order valence-electron chi connectivity index (χ3n) is 2.32. The van der Waals surface area contributed by atoms with Crippen molar-refractivity contribution in [2.24, 2.45) is 5.73 Å². The fraction of sp³-hybridized carbons (Fsp3) is 0.273. The first-order valence-corrected chi connectivity index (χ1v) is 5.15. The number of nitrogens with zero attached hydrogens (tertiary/aromatic N) is 3. The summed E-state index contributed by atoms with van der Waals surface area (Å²) in [5, 5.41) is 17.2. The maximum atomic E-state index is 8.93. The van der Waals surface area contributed by atoms with E-state index in [-0.39, 0.29) is 6.61 Å². The quantitative estimate of drug-likeness (QED) is 0.771. The molecule has 3 N–H and O–H groups in total. The Kier molecular flexibility index (Phi) is 3.28. The van der Waals surface area contributed by atoms with E-state index >= 15 is 0 Å². The molecule has 0 fully saturated rings. The van der Waals surface area contributed by atoms with Crippen LogP contribution in [-0.2, 0) is 13.0 Å². The maximum Gasteiger partial charge on any atom is 0.109 e. The molecule has 1 heterocycles. The number of aliphatic hydroxyl groups is 1. The Bertz CT molecular complexity index is 467. The third-order valence-corrected chi connectivity index (χ3v) is 2.32. The van der Waals surface area contributed by atoms with Crippen molar-refractivity contribution < 1.29 is 5.11 Å². The monoisotopic (exact) mass is 218 g/mol. The van der Waals surface area contributed by atoms with E-state index in [4.69, 9.17) is 10.8 Å². The minimum atomic E-state index is -0.0982. The van der Waals surface area contributed by atoms with Crippen molar-refractivity contribution in [3.63, 3.8) is 0 Å².